The molecule has 0 spiro atoms. The van der Waals surface area contributed by atoms with Crippen LogP contribution in [0.1, 0.15) is 34.6 Å². The van der Waals surface area contributed by atoms with Crippen molar-refractivity contribution in [3.05, 3.63) is 108 Å². The van der Waals surface area contributed by atoms with E-state index in [0.29, 0.717) is 22.6 Å². The number of hydrogen-bond donors (Lipinski definition) is 0. The van der Waals surface area contributed by atoms with Crippen molar-refractivity contribution in [2.45, 2.75) is 21.1 Å². The molecule has 0 saturated carbocycles. The summed E-state index contributed by atoms with van der Waals surface area (Å²) >= 11 is -4.01. The molecule has 0 saturated heterocycles. The number of Topliss-reactive ketones (excluding diaryl/α,β-unsaturated/α-hetero) is 2. The van der Waals surface area contributed by atoms with E-state index in [0.717, 1.165) is 0 Å². The maximum atomic E-state index is 11.7. The Morgan fingerprint density at radius 1 is 0.613 bits per heavy atom. The van der Waals surface area contributed by atoms with Gasteiger partial charge in [0.2, 0.25) is 0 Å². The van der Waals surface area contributed by atoms with Crippen molar-refractivity contribution in [3.8, 4) is 11.5 Å². The van der Waals surface area contributed by atoms with Gasteiger partial charge in [-0.2, -0.15) is 0 Å². The van der Waals surface area contributed by atoms with E-state index in [2.05, 4.69) is 24.3 Å². The van der Waals surface area contributed by atoms with Crippen LogP contribution in [-0.2, 0) is 21.1 Å². The van der Waals surface area contributed by atoms with Gasteiger partial charge in [-0.3, -0.25) is 0 Å². The molecule has 2 aliphatic rings. The summed E-state index contributed by atoms with van der Waals surface area (Å²) in [5.74, 6) is 1.44. The number of allylic oxidation sites excluding steroid dienone is 8. The fraction of sp³-hybridized carbons (Fsp3) is 0.154. The molecule has 0 aromatic heterocycles. The quantitative estimate of drug-likeness (QED) is 0.403. The predicted octanol–water partition coefficient (Wildman–Crippen LogP) is 6.36. The second-order valence-corrected chi connectivity index (χ2v) is 15.5. The number of rotatable bonds is 8. The normalized spacial score (nSPS) is 15.5. The molecule has 2 aromatic rings. The van der Waals surface area contributed by atoms with E-state index in [1.807, 2.05) is 48.6 Å². The summed E-state index contributed by atoms with van der Waals surface area (Å²) in [6.07, 6.45) is 16.7. The van der Waals surface area contributed by atoms with Crippen molar-refractivity contribution < 1.29 is 36.4 Å². The molecule has 0 atom stereocenters. The molecular weight excluding hydrogens is 468 g/mol. The fourth-order valence-corrected chi connectivity index (χ4v) is 12.5. The van der Waals surface area contributed by atoms with Gasteiger partial charge in [-0.1, -0.05) is 0 Å². The Morgan fingerprint density at radius 2 is 0.935 bits per heavy atom. The molecular formula is C26H24O4Zr. The number of benzene rings is 2. The summed E-state index contributed by atoms with van der Waals surface area (Å²) in [4.78, 5) is 23.3. The van der Waals surface area contributed by atoms with Crippen LogP contribution in [0, 0.1) is 0 Å². The monoisotopic (exact) mass is 490 g/mol. The first-order valence-corrected chi connectivity index (χ1v) is 15.1. The van der Waals surface area contributed by atoms with Crippen LogP contribution in [0.15, 0.2) is 97.1 Å². The SMILES string of the molecule is CC(=O)c1ccc([O][Zr]([O]c2ccc(C(C)=O)cc2)([CH]2C=CC=C2)[CH]2C=CC=C2)cc1. The first-order chi connectivity index (χ1) is 15.0. The summed E-state index contributed by atoms with van der Waals surface area (Å²) in [5, 5.41) is 0. The van der Waals surface area contributed by atoms with E-state index >= 15 is 0 Å². The van der Waals surface area contributed by atoms with Crippen LogP contribution in [0.4, 0.5) is 0 Å². The molecule has 0 aliphatic heterocycles. The van der Waals surface area contributed by atoms with Gasteiger partial charge in [0, 0.05) is 0 Å². The van der Waals surface area contributed by atoms with E-state index in [1.165, 1.54) is 0 Å². The number of carbonyl (C=O) groups is 2. The second-order valence-electron chi connectivity index (χ2n) is 7.68. The number of carbonyl (C=O) groups excluding carboxylic acids is 2. The molecule has 0 N–H and O–H groups in total. The maximum absolute atomic E-state index is 11.7. The summed E-state index contributed by atoms with van der Waals surface area (Å²) in [6.45, 7) is 3.10. The van der Waals surface area contributed by atoms with Gasteiger partial charge < -0.3 is 0 Å². The summed E-state index contributed by atoms with van der Waals surface area (Å²) < 4.78 is 13.7. The number of hydrogen-bond acceptors (Lipinski definition) is 4. The topological polar surface area (TPSA) is 52.6 Å². The molecule has 0 bridgehead atoms. The summed E-state index contributed by atoms with van der Waals surface area (Å²) in [6, 6.07) is 14.5. The van der Waals surface area contributed by atoms with E-state index in [-0.39, 0.29) is 18.8 Å². The molecule has 2 aliphatic carbocycles. The predicted molar refractivity (Wildman–Crippen MR) is 118 cm³/mol. The summed E-state index contributed by atoms with van der Waals surface area (Å²) in [7, 11) is 0. The van der Waals surface area contributed by atoms with Crippen molar-refractivity contribution in [3.63, 3.8) is 0 Å². The Labute approximate surface area is 188 Å². The third-order valence-corrected chi connectivity index (χ3v) is 14.7. The zero-order chi connectivity index (χ0) is 21.8. The van der Waals surface area contributed by atoms with Gasteiger partial charge in [-0.25, -0.2) is 0 Å². The van der Waals surface area contributed by atoms with Gasteiger partial charge in [-0.15, -0.1) is 0 Å². The van der Waals surface area contributed by atoms with E-state index in [9.17, 15) is 9.59 Å². The molecule has 0 radical (unpaired) electrons. The summed E-state index contributed by atoms with van der Waals surface area (Å²) in [5.41, 5.74) is 1.30. The molecule has 0 amide bonds. The van der Waals surface area contributed by atoms with Crippen LogP contribution in [-0.4, -0.2) is 11.6 Å². The molecule has 5 heteroatoms. The van der Waals surface area contributed by atoms with Gasteiger partial charge in [-0.05, 0) is 0 Å². The van der Waals surface area contributed by atoms with Crippen LogP contribution in [0.2, 0.25) is 7.25 Å². The van der Waals surface area contributed by atoms with Crippen LogP contribution >= 0.6 is 0 Å². The fourth-order valence-electron chi connectivity index (χ4n) is 3.80. The van der Waals surface area contributed by atoms with Gasteiger partial charge in [0.25, 0.3) is 0 Å². The first-order valence-electron chi connectivity index (χ1n) is 10.3. The molecule has 0 fully saturated rings. The van der Waals surface area contributed by atoms with Gasteiger partial charge in [0.15, 0.2) is 0 Å². The Hall–Kier alpha value is -2.78. The minimum atomic E-state index is -4.01. The first kappa shape index (κ1) is 21.5. The standard InChI is InChI=1S/2C8H8O2.2C5H5.Zr/c2*1-6(9)7-2-4-8(10)5-3-7;2*1-2-4-5-3-1;/h2*2-5,10H,1H3;2*1-5H;/q;;;;+2/p-2. The van der Waals surface area contributed by atoms with Crippen LogP contribution in [0.5, 0.6) is 11.5 Å². The third kappa shape index (κ3) is 4.62. The van der Waals surface area contributed by atoms with Crippen LogP contribution < -0.4 is 5.63 Å². The van der Waals surface area contributed by atoms with Crippen molar-refractivity contribution in [2.75, 3.05) is 0 Å². The van der Waals surface area contributed by atoms with Crippen molar-refractivity contribution in [2.24, 2.45) is 0 Å². The average Bonchev–Trinajstić information content (AvgIpc) is 3.49. The Morgan fingerprint density at radius 3 is 1.23 bits per heavy atom. The molecule has 31 heavy (non-hydrogen) atoms. The van der Waals surface area contributed by atoms with E-state index in [4.69, 9.17) is 5.63 Å². The second kappa shape index (κ2) is 9.15. The van der Waals surface area contributed by atoms with Crippen molar-refractivity contribution in [1.82, 2.24) is 0 Å². The Balaban J connectivity index is 1.74. The van der Waals surface area contributed by atoms with Crippen molar-refractivity contribution >= 4 is 11.6 Å². The number of ketones is 2. The van der Waals surface area contributed by atoms with Gasteiger partial charge in [0.05, 0.1) is 0 Å². The Bertz CT molecular complexity index is 978. The zero-order valence-electron chi connectivity index (χ0n) is 17.5. The van der Waals surface area contributed by atoms with Gasteiger partial charge >= 0.3 is 189 Å². The molecule has 0 unspecified atom stereocenters. The Kier molecular flexibility index (Phi) is 6.34. The van der Waals surface area contributed by atoms with E-state index < -0.39 is 21.1 Å². The molecule has 4 nitrogen and oxygen atoms in total. The minimum absolute atomic E-state index is 0.0199. The zero-order valence-corrected chi connectivity index (χ0v) is 20.0. The molecule has 156 valence electrons. The third-order valence-electron chi connectivity index (χ3n) is 5.50. The van der Waals surface area contributed by atoms with E-state index in [1.54, 1.807) is 38.1 Å². The molecule has 2 aromatic carbocycles. The van der Waals surface area contributed by atoms with Crippen LogP contribution in [0.25, 0.3) is 0 Å². The average molecular weight is 492 g/mol. The van der Waals surface area contributed by atoms with Crippen LogP contribution in [0.3, 0.4) is 0 Å². The molecule has 0 heterocycles. The van der Waals surface area contributed by atoms with Crippen molar-refractivity contribution in [1.29, 1.82) is 0 Å². The van der Waals surface area contributed by atoms with Gasteiger partial charge in [0.1, 0.15) is 0 Å². The molecule has 4 rings (SSSR count).